The van der Waals surface area contributed by atoms with Gasteiger partial charge in [-0.2, -0.15) is 0 Å². The molecule has 0 spiro atoms. The fourth-order valence-corrected chi connectivity index (χ4v) is 2.77. The summed E-state index contributed by atoms with van der Waals surface area (Å²) in [7, 11) is 0. The van der Waals surface area contributed by atoms with E-state index < -0.39 is 0 Å². The molecule has 0 radical (unpaired) electrons. The molecule has 1 aliphatic rings. The second kappa shape index (κ2) is 7.51. The third-order valence-corrected chi connectivity index (χ3v) is 4.01. The molecule has 0 N–H and O–H groups in total. The van der Waals surface area contributed by atoms with Crippen LogP contribution in [0.2, 0.25) is 0 Å². The highest BCUT2D eigenvalue weighted by atomic mass is 32.2. The Morgan fingerprint density at radius 2 is 2.16 bits per heavy atom. The Morgan fingerprint density at radius 1 is 1.37 bits per heavy atom. The van der Waals surface area contributed by atoms with E-state index in [1.54, 1.807) is 6.92 Å². The first-order valence-corrected chi connectivity index (χ1v) is 7.84. The number of nitrogens with zero attached hydrogens (tertiary/aromatic N) is 1. The quantitative estimate of drug-likeness (QED) is 0.819. The number of rotatable bonds is 5. The van der Waals surface area contributed by atoms with Gasteiger partial charge in [-0.05, 0) is 37.1 Å². The van der Waals surface area contributed by atoms with Crippen molar-refractivity contribution in [2.45, 2.75) is 26.3 Å². The average Bonchev–Trinajstić information content (AvgIpc) is 2.88. The van der Waals surface area contributed by atoms with Crippen molar-refractivity contribution in [2.24, 2.45) is 0 Å². The van der Waals surface area contributed by atoms with Crippen LogP contribution in [0, 0.1) is 0 Å². The van der Waals surface area contributed by atoms with Gasteiger partial charge in [0, 0.05) is 19.2 Å². The lowest BCUT2D eigenvalue weighted by atomic mass is 10.1. The van der Waals surface area contributed by atoms with Gasteiger partial charge in [-0.1, -0.05) is 48.2 Å². The van der Waals surface area contributed by atoms with Crippen molar-refractivity contribution in [3.8, 4) is 0 Å². The van der Waals surface area contributed by atoms with Crippen LogP contribution in [0.3, 0.4) is 0 Å². The lowest BCUT2D eigenvalue weighted by molar-refractivity contribution is -0.109. The molecule has 0 aliphatic carbocycles. The molecular weight excluding hydrogens is 254 g/mol. The second-order valence-electron chi connectivity index (χ2n) is 4.93. The number of carbonyl (C=O) groups excluding carboxylic acids is 1. The van der Waals surface area contributed by atoms with Crippen LogP contribution in [-0.4, -0.2) is 28.9 Å². The smallest absolute Gasteiger partial charge is 0.186 e. The van der Waals surface area contributed by atoms with E-state index in [-0.39, 0.29) is 5.12 Å². The lowest BCUT2D eigenvalue weighted by Gasteiger charge is -2.14. The summed E-state index contributed by atoms with van der Waals surface area (Å²) < 4.78 is 0. The maximum atomic E-state index is 10.8. The summed E-state index contributed by atoms with van der Waals surface area (Å²) in [5.41, 5.74) is 2.60. The molecule has 0 bridgehead atoms. The van der Waals surface area contributed by atoms with Gasteiger partial charge in [-0.3, -0.25) is 9.69 Å². The van der Waals surface area contributed by atoms with E-state index >= 15 is 0 Å². The molecule has 1 fully saturated rings. The molecule has 19 heavy (non-hydrogen) atoms. The summed E-state index contributed by atoms with van der Waals surface area (Å²) in [6, 6.07) is 8.67. The Labute approximate surface area is 119 Å². The fraction of sp³-hybridized carbons (Fsp3) is 0.438. The topological polar surface area (TPSA) is 20.3 Å². The number of thioether (sulfide) groups is 1. The number of hydrogen-bond acceptors (Lipinski definition) is 3. The van der Waals surface area contributed by atoms with Gasteiger partial charge < -0.3 is 0 Å². The molecule has 0 unspecified atom stereocenters. The summed E-state index contributed by atoms with van der Waals surface area (Å²) in [6.07, 6.45) is 6.83. The summed E-state index contributed by atoms with van der Waals surface area (Å²) in [5, 5.41) is 0.174. The standard InChI is InChI=1S/C16H21NOS/c1-14(18)19-11-5-8-15-6-4-7-16(12-15)13-17-9-2-3-10-17/h4-8,12H,2-3,9-11,13H2,1H3. The number of benzene rings is 1. The van der Waals surface area contributed by atoms with Crippen LogP contribution in [0.4, 0.5) is 0 Å². The van der Waals surface area contributed by atoms with Crippen LogP contribution < -0.4 is 0 Å². The minimum Gasteiger partial charge on any atom is -0.299 e. The molecule has 1 heterocycles. The van der Waals surface area contributed by atoms with E-state index in [2.05, 4.69) is 41.3 Å². The zero-order valence-electron chi connectivity index (χ0n) is 11.5. The third kappa shape index (κ3) is 5.21. The van der Waals surface area contributed by atoms with Crippen LogP contribution in [0.25, 0.3) is 6.08 Å². The van der Waals surface area contributed by atoms with Crippen LogP contribution in [0.5, 0.6) is 0 Å². The van der Waals surface area contributed by atoms with Gasteiger partial charge >= 0.3 is 0 Å². The Kier molecular flexibility index (Phi) is 5.67. The Hall–Kier alpha value is -1.06. The van der Waals surface area contributed by atoms with Crippen LogP contribution >= 0.6 is 11.8 Å². The Bertz CT molecular complexity index is 450. The molecule has 3 heteroatoms. The maximum Gasteiger partial charge on any atom is 0.186 e. The Morgan fingerprint density at radius 3 is 2.89 bits per heavy atom. The maximum absolute atomic E-state index is 10.8. The van der Waals surface area contributed by atoms with E-state index in [1.807, 2.05) is 0 Å². The summed E-state index contributed by atoms with van der Waals surface area (Å²) >= 11 is 1.35. The predicted molar refractivity (Wildman–Crippen MR) is 83.1 cm³/mol. The zero-order valence-corrected chi connectivity index (χ0v) is 12.3. The van der Waals surface area contributed by atoms with Crippen molar-refractivity contribution in [3.63, 3.8) is 0 Å². The van der Waals surface area contributed by atoms with Crippen molar-refractivity contribution in [2.75, 3.05) is 18.8 Å². The van der Waals surface area contributed by atoms with Gasteiger partial charge in [0.15, 0.2) is 5.12 Å². The van der Waals surface area contributed by atoms with E-state index in [4.69, 9.17) is 0 Å². The summed E-state index contributed by atoms with van der Waals surface area (Å²) in [5.74, 6) is 0.756. The van der Waals surface area contributed by atoms with Gasteiger partial charge in [-0.25, -0.2) is 0 Å². The van der Waals surface area contributed by atoms with Crippen molar-refractivity contribution in [3.05, 3.63) is 41.5 Å². The number of hydrogen-bond donors (Lipinski definition) is 0. The normalized spacial score (nSPS) is 16.3. The fourth-order valence-electron chi connectivity index (χ4n) is 2.34. The SMILES string of the molecule is CC(=O)SCC=Cc1cccc(CN2CCCC2)c1. The van der Waals surface area contributed by atoms with Gasteiger partial charge in [0.25, 0.3) is 0 Å². The third-order valence-electron chi connectivity index (χ3n) is 3.25. The van der Waals surface area contributed by atoms with Crippen LogP contribution in [0.15, 0.2) is 30.3 Å². The van der Waals surface area contributed by atoms with Crippen molar-refractivity contribution < 1.29 is 4.79 Å². The van der Waals surface area contributed by atoms with E-state index in [9.17, 15) is 4.79 Å². The summed E-state index contributed by atoms with van der Waals surface area (Å²) in [6.45, 7) is 5.13. The average molecular weight is 275 g/mol. The largest absolute Gasteiger partial charge is 0.299 e. The molecular formula is C16H21NOS. The molecule has 1 aromatic rings. The molecule has 1 aliphatic heterocycles. The summed E-state index contributed by atoms with van der Waals surface area (Å²) in [4.78, 5) is 13.3. The first kappa shape index (κ1) is 14.4. The van der Waals surface area contributed by atoms with Crippen molar-refractivity contribution in [1.82, 2.24) is 4.90 Å². The lowest BCUT2D eigenvalue weighted by Crippen LogP contribution is -2.18. The minimum atomic E-state index is 0.174. The molecule has 0 atom stereocenters. The van der Waals surface area contributed by atoms with E-state index in [0.717, 1.165) is 12.3 Å². The van der Waals surface area contributed by atoms with Gasteiger partial charge in [0.1, 0.15) is 0 Å². The molecule has 102 valence electrons. The van der Waals surface area contributed by atoms with E-state index in [1.165, 1.54) is 48.8 Å². The first-order chi connectivity index (χ1) is 9.24. The highest BCUT2D eigenvalue weighted by Gasteiger charge is 2.11. The highest BCUT2D eigenvalue weighted by Crippen LogP contribution is 2.14. The van der Waals surface area contributed by atoms with Crippen LogP contribution in [-0.2, 0) is 11.3 Å². The Balaban J connectivity index is 1.88. The molecule has 1 saturated heterocycles. The van der Waals surface area contributed by atoms with Gasteiger partial charge in [0.05, 0.1) is 0 Å². The number of carbonyl (C=O) groups is 1. The number of likely N-dealkylation sites (tertiary alicyclic amines) is 1. The van der Waals surface area contributed by atoms with Crippen molar-refractivity contribution >= 4 is 23.0 Å². The minimum absolute atomic E-state index is 0.174. The molecule has 0 aromatic heterocycles. The predicted octanol–water partition coefficient (Wildman–Crippen LogP) is 3.58. The monoisotopic (exact) mass is 275 g/mol. The molecule has 2 nitrogen and oxygen atoms in total. The molecule has 2 rings (SSSR count). The van der Waals surface area contributed by atoms with Crippen molar-refractivity contribution in [1.29, 1.82) is 0 Å². The highest BCUT2D eigenvalue weighted by molar-refractivity contribution is 8.13. The molecule has 0 saturated carbocycles. The van der Waals surface area contributed by atoms with E-state index in [0.29, 0.717) is 0 Å². The van der Waals surface area contributed by atoms with Crippen LogP contribution in [0.1, 0.15) is 30.9 Å². The van der Waals surface area contributed by atoms with Gasteiger partial charge in [0.2, 0.25) is 0 Å². The molecule has 0 amide bonds. The van der Waals surface area contributed by atoms with Gasteiger partial charge in [-0.15, -0.1) is 0 Å². The zero-order chi connectivity index (χ0) is 13.5. The molecule has 1 aromatic carbocycles. The first-order valence-electron chi connectivity index (χ1n) is 6.85. The second-order valence-corrected chi connectivity index (χ2v) is 6.13.